The van der Waals surface area contributed by atoms with E-state index in [0.29, 0.717) is 17.8 Å². The molecule has 4 aromatic rings. The normalized spacial score (nSPS) is 14.1. The van der Waals surface area contributed by atoms with Crippen molar-refractivity contribution in [2.75, 3.05) is 48.9 Å². The molecular weight excluding hydrogens is 566 g/mol. The smallest absolute Gasteiger partial charge is 0.261 e. The van der Waals surface area contributed by atoms with E-state index in [1.54, 1.807) is 59.9 Å². The Labute approximate surface area is 245 Å². The van der Waals surface area contributed by atoms with Crippen molar-refractivity contribution in [3.05, 3.63) is 83.4 Å². The standard InChI is InChI=1S/C29H33N5O3S2.ClH/c1-3-22-9-12-26-27(19-22)38-29(31-26)34-17-15-33(16-18-34)14-13-30-28(35)23-5-4-6-24(20-23)32-39(36,37)25-10-7-21(2)8-11-25;/h4-12,19-20,32H,3,13-18H2,1-2H3,(H,30,35);1H. The van der Waals surface area contributed by atoms with Gasteiger partial charge in [0.05, 0.1) is 15.1 Å². The van der Waals surface area contributed by atoms with E-state index in [4.69, 9.17) is 4.98 Å². The summed E-state index contributed by atoms with van der Waals surface area (Å²) in [6, 6.07) is 19.7. The minimum Gasteiger partial charge on any atom is -0.351 e. The van der Waals surface area contributed by atoms with Crippen molar-refractivity contribution in [2.45, 2.75) is 25.2 Å². The van der Waals surface area contributed by atoms with Gasteiger partial charge in [0.25, 0.3) is 15.9 Å². The molecule has 1 aromatic heterocycles. The Morgan fingerprint density at radius 1 is 1.00 bits per heavy atom. The second-order valence-corrected chi connectivity index (χ2v) is 12.4. The van der Waals surface area contributed by atoms with Crippen molar-refractivity contribution in [1.82, 2.24) is 15.2 Å². The van der Waals surface area contributed by atoms with Crippen molar-refractivity contribution >= 4 is 60.7 Å². The Bertz CT molecular complexity index is 1570. The zero-order valence-electron chi connectivity index (χ0n) is 22.6. The summed E-state index contributed by atoms with van der Waals surface area (Å²) in [7, 11) is -3.74. The number of fused-ring (bicyclic) bond motifs is 1. The maximum Gasteiger partial charge on any atom is 0.261 e. The minimum absolute atomic E-state index is 0. The van der Waals surface area contributed by atoms with Gasteiger partial charge < -0.3 is 10.2 Å². The molecule has 5 rings (SSSR count). The van der Waals surface area contributed by atoms with Gasteiger partial charge in [-0.3, -0.25) is 14.4 Å². The number of hydrogen-bond acceptors (Lipinski definition) is 7. The number of aryl methyl sites for hydroxylation is 2. The third-order valence-corrected chi connectivity index (χ3v) is 9.39. The fraction of sp³-hybridized carbons (Fsp3) is 0.310. The second kappa shape index (κ2) is 13.0. The fourth-order valence-corrected chi connectivity index (χ4v) is 6.69. The number of rotatable bonds is 9. The number of sulfonamides is 1. The second-order valence-electron chi connectivity index (χ2n) is 9.74. The van der Waals surface area contributed by atoms with Crippen LogP contribution in [0, 0.1) is 6.92 Å². The van der Waals surface area contributed by atoms with Crippen LogP contribution in [0.1, 0.15) is 28.4 Å². The third kappa shape index (κ3) is 7.11. The van der Waals surface area contributed by atoms with Crippen LogP contribution in [0.25, 0.3) is 10.2 Å². The van der Waals surface area contributed by atoms with E-state index in [9.17, 15) is 13.2 Å². The van der Waals surface area contributed by atoms with E-state index in [1.165, 1.54) is 10.3 Å². The largest absolute Gasteiger partial charge is 0.351 e. The number of thiazole rings is 1. The predicted octanol–water partition coefficient (Wildman–Crippen LogP) is 4.94. The molecule has 40 heavy (non-hydrogen) atoms. The van der Waals surface area contributed by atoms with E-state index >= 15 is 0 Å². The molecule has 0 aliphatic carbocycles. The topological polar surface area (TPSA) is 94.6 Å². The Balaban J connectivity index is 0.00000370. The number of carbonyl (C=O) groups is 1. The fourth-order valence-electron chi connectivity index (χ4n) is 4.56. The molecule has 1 aliphatic rings. The van der Waals surface area contributed by atoms with Crippen LogP contribution < -0.4 is 14.9 Å². The Morgan fingerprint density at radius 2 is 1.75 bits per heavy atom. The first kappa shape index (κ1) is 29.8. The molecule has 1 fully saturated rings. The highest BCUT2D eigenvalue weighted by atomic mass is 35.5. The Hall–Kier alpha value is -3.18. The summed E-state index contributed by atoms with van der Waals surface area (Å²) in [6.07, 6.45) is 1.02. The lowest BCUT2D eigenvalue weighted by molar-refractivity contribution is 0.0948. The van der Waals surface area contributed by atoms with Gasteiger partial charge in [0.2, 0.25) is 0 Å². The highest BCUT2D eigenvalue weighted by Gasteiger charge is 2.20. The third-order valence-electron chi connectivity index (χ3n) is 6.91. The van der Waals surface area contributed by atoms with E-state index in [0.717, 1.165) is 55.4 Å². The van der Waals surface area contributed by atoms with Gasteiger partial charge in [0.1, 0.15) is 0 Å². The molecule has 212 valence electrons. The lowest BCUT2D eigenvalue weighted by atomic mass is 10.2. The molecule has 0 saturated carbocycles. The van der Waals surface area contributed by atoms with Crippen molar-refractivity contribution in [3.63, 3.8) is 0 Å². The zero-order valence-corrected chi connectivity index (χ0v) is 25.0. The summed E-state index contributed by atoms with van der Waals surface area (Å²) in [5.74, 6) is -0.231. The van der Waals surface area contributed by atoms with Crippen LogP contribution in [0.15, 0.2) is 71.6 Å². The first-order valence-corrected chi connectivity index (χ1v) is 15.5. The predicted molar refractivity (Wildman–Crippen MR) is 166 cm³/mol. The lowest BCUT2D eigenvalue weighted by Crippen LogP contribution is -2.48. The van der Waals surface area contributed by atoms with Gasteiger partial charge in [-0.05, 0) is 61.4 Å². The van der Waals surface area contributed by atoms with Crippen LogP contribution in [0.3, 0.4) is 0 Å². The molecule has 1 saturated heterocycles. The Morgan fingerprint density at radius 3 is 2.48 bits per heavy atom. The van der Waals surface area contributed by atoms with E-state index in [-0.39, 0.29) is 23.2 Å². The number of amides is 1. The Kier molecular flexibility index (Phi) is 9.68. The number of nitrogens with one attached hydrogen (secondary N) is 2. The number of anilines is 2. The summed E-state index contributed by atoms with van der Waals surface area (Å²) in [5, 5.41) is 4.04. The number of benzene rings is 3. The molecule has 11 heteroatoms. The summed E-state index contributed by atoms with van der Waals surface area (Å²) in [4.78, 5) is 22.4. The van der Waals surface area contributed by atoms with Crippen LogP contribution >= 0.6 is 23.7 Å². The van der Waals surface area contributed by atoms with Crippen LogP contribution in [0.5, 0.6) is 0 Å². The average molecular weight is 600 g/mol. The SMILES string of the molecule is CCc1ccc2nc(N3CCN(CCNC(=O)c4cccc(NS(=O)(=O)c5ccc(C)cc5)c4)CC3)sc2c1.Cl. The maximum absolute atomic E-state index is 12.8. The van der Waals surface area contributed by atoms with Gasteiger partial charge in [-0.25, -0.2) is 13.4 Å². The van der Waals surface area contributed by atoms with Gasteiger partial charge in [-0.1, -0.05) is 48.1 Å². The number of piperazine rings is 1. The van der Waals surface area contributed by atoms with E-state index in [1.807, 2.05) is 6.92 Å². The molecule has 0 bridgehead atoms. The summed E-state index contributed by atoms with van der Waals surface area (Å²) < 4.78 is 29.2. The average Bonchev–Trinajstić information content (AvgIpc) is 3.37. The number of halogens is 1. The summed E-state index contributed by atoms with van der Waals surface area (Å²) in [6.45, 7) is 8.94. The number of aromatic nitrogens is 1. The van der Waals surface area contributed by atoms with E-state index in [2.05, 4.69) is 45.0 Å². The van der Waals surface area contributed by atoms with Gasteiger partial charge in [-0.15, -0.1) is 12.4 Å². The first-order valence-electron chi connectivity index (χ1n) is 13.2. The van der Waals surface area contributed by atoms with Gasteiger partial charge in [0.15, 0.2) is 5.13 Å². The highest BCUT2D eigenvalue weighted by Crippen LogP contribution is 2.30. The molecule has 2 N–H and O–H groups in total. The summed E-state index contributed by atoms with van der Waals surface area (Å²) >= 11 is 1.75. The van der Waals surface area contributed by atoms with Crippen molar-refractivity contribution in [3.8, 4) is 0 Å². The molecule has 0 unspecified atom stereocenters. The highest BCUT2D eigenvalue weighted by molar-refractivity contribution is 7.92. The van der Waals surface area contributed by atoms with Crippen LogP contribution in [0.4, 0.5) is 10.8 Å². The first-order chi connectivity index (χ1) is 18.8. The molecule has 2 heterocycles. The maximum atomic E-state index is 12.8. The number of hydrogen-bond donors (Lipinski definition) is 2. The van der Waals surface area contributed by atoms with Crippen LogP contribution in [-0.2, 0) is 16.4 Å². The number of carbonyl (C=O) groups excluding carboxylic acids is 1. The molecule has 3 aromatic carbocycles. The molecule has 8 nitrogen and oxygen atoms in total. The van der Waals surface area contributed by atoms with E-state index < -0.39 is 10.0 Å². The minimum atomic E-state index is -3.74. The number of nitrogens with zero attached hydrogens (tertiary/aromatic N) is 3. The quantitative estimate of drug-likeness (QED) is 0.283. The summed E-state index contributed by atoms with van der Waals surface area (Å²) in [5.41, 5.74) is 4.13. The van der Waals surface area contributed by atoms with Crippen LogP contribution in [-0.4, -0.2) is 63.5 Å². The molecule has 0 spiro atoms. The molecule has 0 atom stereocenters. The van der Waals surface area contributed by atoms with Gasteiger partial charge >= 0.3 is 0 Å². The van der Waals surface area contributed by atoms with Crippen molar-refractivity contribution in [2.24, 2.45) is 0 Å². The molecular formula is C29H34ClN5O3S2. The van der Waals surface area contributed by atoms with Crippen LogP contribution in [0.2, 0.25) is 0 Å². The molecule has 0 radical (unpaired) electrons. The van der Waals surface area contributed by atoms with Crippen molar-refractivity contribution in [1.29, 1.82) is 0 Å². The molecule has 1 aliphatic heterocycles. The van der Waals surface area contributed by atoms with Crippen molar-refractivity contribution < 1.29 is 13.2 Å². The lowest BCUT2D eigenvalue weighted by Gasteiger charge is -2.34. The zero-order chi connectivity index (χ0) is 27.4. The molecule has 1 amide bonds. The monoisotopic (exact) mass is 599 g/mol. The van der Waals surface area contributed by atoms with Gasteiger partial charge in [0, 0.05) is 50.5 Å². The van der Waals surface area contributed by atoms with Gasteiger partial charge in [-0.2, -0.15) is 0 Å².